The SMILES string of the molecule is CCNc1ccc(C(=O)Nc2cccc([C@H](C)Nc3cnc4cn(CC)nc4n3)c2)cc1. The second kappa shape index (κ2) is 9.47. The van der Waals surface area contributed by atoms with Gasteiger partial charge < -0.3 is 16.0 Å². The quantitative estimate of drug-likeness (QED) is 0.376. The average molecular weight is 430 g/mol. The van der Waals surface area contributed by atoms with E-state index in [0.29, 0.717) is 17.0 Å². The number of aromatic nitrogens is 4. The fourth-order valence-electron chi connectivity index (χ4n) is 3.41. The Morgan fingerprint density at radius 1 is 1.09 bits per heavy atom. The van der Waals surface area contributed by atoms with Crippen molar-refractivity contribution in [2.45, 2.75) is 33.4 Å². The third kappa shape index (κ3) is 4.85. The van der Waals surface area contributed by atoms with Crippen LogP contribution in [0.25, 0.3) is 11.2 Å². The zero-order valence-corrected chi connectivity index (χ0v) is 18.5. The smallest absolute Gasteiger partial charge is 0.255 e. The van der Waals surface area contributed by atoms with Crippen LogP contribution in [0.2, 0.25) is 0 Å². The number of rotatable bonds is 8. The Labute approximate surface area is 187 Å². The molecule has 8 heteroatoms. The van der Waals surface area contributed by atoms with Crippen molar-refractivity contribution in [1.82, 2.24) is 19.7 Å². The highest BCUT2D eigenvalue weighted by atomic mass is 16.1. The summed E-state index contributed by atoms with van der Waals surface area (Å²) < 4.78 is 1.82. The number of hydrogen-bond donors (Lipinski definition) is 3. The molecule has 4 rings (SSSR count). The maximum atomic E-state index is 12.6. The summed E-state index contributed by atoms with van der Waals surface area (Å²) in [7, 11) is 0. The Balaban J connectivity index is 1.44. The molecule has 0 aliphatic rings. The van der Waals surface area contributed by atoms with E-state index < -0.39 is 0 Å². The minimum atomic E-state index is -0.145. The lowest BCUT2D eigenvalue weighted by atomic mass is 10.1. The van der Waals surface area contributed by atoms with Gasteiger partial charge in [0.25, 0.3) is 5.91 Å². The van der Waals surface area contributed by atoms with Gasteiger partial charge in [-0.2, -0.15) is 5.10 Å². The number of benzene rings is 2. The van der Waals surface area contributed by atoms with Crippen molar-refractivity contribution in [2.75, 3.05) is 22.5 Å². The Morgan fingerprint density at radius 2 is 1.91 bits per heavy atom. The largest absolute Gasteiger partial charge is 0.385 e. The zero-order valence-electron chi connectivity index (χ0n) is 18.5. The van der Waals surface area contributed by atoms with Gasteiger partial charge in [-0.1, -0.05) is 12.1 Å². The average Bonchev–Trinajstić information content (AvgIpc) is 3.22. The summed E-state index contributed by atoms with van der Waals surface area (Å²) in [5, 5.41) is 14.0. The van der Waals surface area contributed by atoms with E-state index in [2.05, 4.69) is 31.0 Å². The molecule has 0 spiro atoms. The van der Waals surface area contributed by atoms with Crippen LogP contribution in [0.3, 0.4) is 0 Å². The van der Waals surface area contributed by atoms with Gasteiger partial charge in [0.2, 0.25) is 5.65 Å². The van der Waals surface area contributed by atoms with Gasteiger partial charge in [-0.3, -0.25) is 9.48 Å². The van der Waals surface area contributed by atoms with Crippen molar-refractivity contribution < 1.29 is 4.79 Å². The molecule has 0 saturated heterocycles. The molecule has 0 aliphatic carbocycles. The van der Waals surface area contributed by atoms with Gasteiger partial charge in [-0.15, -0.1) is 0 Å². The number of nitrogens with zero attached hydrogens (tertiary/aromatic N) is 4. The summed E-state index contributed by atoms with van der Waals surface area (Å²) in [4.78, 5) is 21.6. The fraction of sp³-hybridized carbons (Fsp3) is 0.250. The molecule has 2 aromatic heterocycles. The van der Waals surface area contributed by atoms with Crippen LogP contribution < -0.4 is 16.0 Å². The lowest BCUT2D eigenvalue weighted by Crippen LogP contribution is -2.13. The van der Waals surface area contributed by atoms with Gasteiger partial charge in [0.15, 0.2) is 0 Å². The molecule has 3 N–H and O–H groups in total. The Kier molecular flexibility index (Phi) is 6.30. The van der Waals surface area contributed by atoms with E-state index in [1.807, 2.05) is 80.2 Å². The normalized spacial score (nSPS) is 11.8. The van der Waals surface area contributed by atoms with Crippen LogP contribution in [0.4, 0.5) is 17.2 Å². The number of anilines is 3. The second-order valence-corrected chi connectivity index (χ2v) is 7.50. The Bertz CT molecular complexity index is 1220. The number of aryl methyl sites for hydroxylation is 1. The first kappa shape index (κ1) is 21.3. The van der Waals surface area contributed by atoms with Crippen LogP contribution in [0.15, 0.2) is 60.9 Å². The zero-order chi connectivity index (χ0) is 22.5. The van der Waals surface area contributed by atoms with E-state index in [1.165, 1.54) is 0 Å². The first-order valence-electron chi connectivity index (χ1n) is 10.8. The lowest BCUT2D eigenvalue weighted by Gasteiger charge is -2.16. The minimum absolute atomic E-state index is 0.0359. The maximum absolute atomic E-state index is 12.6. The van der Waals surface area contributed by atoms with Gasteiger partial charge in [-0.25, -0.2) is 9.97 Å². The second-order valence-electron chi connectivity index (χ2n) is 7.50. The molecule has 2 heterocycles. The number of carbonyl (C=O) groups excluding carboxylic acids is 1. The molecular weight excluding hydrogens is 402 g/mol. The van der Waals surface area contributed by atoms with E-state index in [1.54, 1.807) is 6.20 Å². The molecule has 0 fully saturated rings. The van der Waals surface area contributed by atoms with Crippen LogP contribution in [0, 0.1) is 0 Å². The summed E-state index contributed by atoms with van der Waals surface area (Å²) in [6.45, 7) is 7.71. The molecule has 32 heavy (non-hydrogen) atoms. The molecule has 8 nitrogen and oxygen atoms in total. The molecule has 164 valence electrons. The molecule has 0 unspecified atom stereocenters. The lowest BCUT2D eigenvalue weighted by molar-refractivity contribution is 0.102. The van der Waals surface area contributed by atoms with Crippen LogP contribution >= 0.6 is 0 Å². The fourth-order valence-corrected chi connectivity index (χ4v) is 3.41. The molecular formula is C24H27N7O. The van der Waals surface area contributed by atoms with Crippen LogP contribution in [-0.4, -0.2) is 32.2 Å². The summed E-state index contributed by atoms with van der Waals surface area (Å²) in [6, 6.07) is 15.2. The van der Waals surface area contributed by atoms with Gasteiger partial charge in [0, 0.05) is 30.0 Å². The molecule has 1 amide bonds. The summed E-state index contributed by atoms with van der Waals surface area (Å²) in [5.41, 5.74) is 4.75. The van der Waals surface area contributed by atoms with Gasteiger partial charge >= 0.3 is 0 Å². The predicted molar refractivity (Wildman–Crippen MR) is 128 cm³/mol. The standard InChI is InChI=1S/C24H27N7O/c1-4-25-19-11-9-17(10-12-19)24(32)28-20-8-6-7-18(13-20)16(3)27-22-14-26-21-15-31(5-2)30-23(21)29-22/h6-16,25H,4-5H2,1-3H3,(H,28,32)(H,27,29,30)/t16-/m0/s1. The number of carbonyl (C=O) groups is 1. The first-order valence-corrected chi connectivity index (χ1v) is 10.8. The Hall–Kier alpha value is -3.94. The molecule has 2 aromatic carbocycles. The molecule has 0 saturated carbocycles. The number of fused-ring (bicyclic) bond motifs is 1. The van der Waals surface area contributed by atoms with Crippen LogP contribution in [-0.2, 0) is 6.54 Å². The number of nitrogens with one attached hydrogen (secondary N) is 3. The molecule has 0 aliphatic heterocycles. The highest BCUT2D eigenvalue weighted by molar-refractivity contribution is 6.04. The van der Waals surface area contributed by atoms with E-state index >= 15 is 0 Å². The molecule has 0 bridgehead atoms. The van der Waals surface area contributed by atoms with E-state index in [9.17, 15) is 4.79 Å². The van der Waals surface area contributed by atoms with Gasteiger partial charge in [0.1, 0.15) is 11.3 Å². The topological polar surface area (TPSA) is 96.8 Å². The van der Waals surface area contributed by atoms with Gasteiger partial charge in [-0.05, 0) is 62.7 Å². The van der Waals surface area contributed by atoms with E-state index in [-0.39, 0.29) is 11.9 Å². The summed E-state index contributed by atoms with van der Waals surface area (Å²) in [5.74, 6) is 0.509. The third-order valence-electron chi connectivity index (χ3n) is 5.14. The van der Waals surface area contributed by atoms with Crippen molar-refractivity contribution in [3.05, 3.63) is 72.1 Å². The minimum Gasteiger partial charge on any atom is -0.385 e. The molecule has 0 radical (unpaired) electrons. The highest BCUT2D eigenvalue weighted by Gasteiger charge is 2.11. The highest BCUT2D eigenvalue weighted by Crippen LogP contribution is 2.22. The summed E-state index contributed by atoms with van der Waals surface area (Å²) in [6.07, 6.45) is 3.60. The number of amides is 1. The molecule has 1 atom stereocenters. The van der Waals surface area contributed by atoms with Crippen molar-refractivity contribution in [2.24, 2.45) is 0 Å². The van der Waals surface area contributed by atoms with Crippen molar-refractivity contribution >= 4 is 34.3 Å². The Morgan fingerprint density at radius 3 is 2.66 bits per heavy atom. The molecule has 4 aromatic rings. The third-order valence-corrected chi connectivity index (χ3v) is 5.14. The van der Waals surface area contributed by atoms with Crippen LogP contribution in [0.5, 0.6) is 0 Å². The maximum Gasteiger partial charge on any atom is 0.255 e. The predicted octanol–water partition coefficient (Wildman–Crippen LogP) is 4.70. The van der Waals surface area contributed by atoms with Crippen molar-refractivity contribution in [3.8, 4) is 0 Å². The van der Waals surface area contributed by atoms with Gasteiger partial charge in [0.05, 0.1) is 18.4 Å². The van der Waals surface area contributed by atoms with E-state index in [0.717, 1.165) is 35.5 Å². The summed E-state index contributed by atoms with van der Waals surface area (Å²) >= 11 is 0. The monoisotopic (exact) mass is 429 g/mol. The number of hydrogen-bond acceptors (Lipinski definition) is 6. The van der Waals surface area contributed by atoms with Crippen LogP contribution in [0.1, 0.15) is 42.7 Å². The van der Waals surface area contributed by atoms with Crippen molar-refractivity contribution in [3.63, 3.8) is 0 Å². The first-order chi connectivity index (χ1) is 15.6. The van der Waals surface area contributed by atoms with E-state index in [4.69, 9.17) is 0 Å². The van der Waals surface area contributed by atoms with Crippen molar-refractivity contribution in [1.29, 1.82) is 0 Å².